The number of carbonyl (C=O) groups excluding carboxylic acids is 1. The smallest absolute Gasteiger partial charge is 0.333 e. The number of esters is 1. The Bertz CT molecular complexity index is 1080. The first kappa shape index (κ1) is 22.4. The van der Waals surface area contributed by atoms with E-state index in [1.807, 2.05) is 55.5 Å². The number of halogens is 1. The molecule has 0 radical (unpaired) electrons. The predicted molar refractivity (Wildman–Crippen MR) is 122 cm³/mol. The molecule has 0 amide bonds. The van der Waals surface area contributed by atoms with Crippen molar-refractivity contribution in [1.82, 2.24) is 0 Å². The molecule has 0 bridgehead atoms. The number of ether oxygens (including phenoxy) is 1. The molecule has 160 valence electrons. The van der Waals surface area contributed by atoms with Crippen LogP contribution >= 0.6 is 0 Å². The van der Waals surface area contributed by atoms with Gasteiger partial charge in [-0.25, -0.2) is 9.18 Å². The lowest BCUT2D eigenvalue weighted by Gasteiger charge is -2.14. The van der Waals surface area contributed by atoms with E-state index in [1.165, 1.54) is 0 Å². The van der Waals surface area contributed by atoms with Crippen molar-refractivity contribution in [2.24, 2.45) is 0 Å². The van der Waals surface area contributed by atoms with Gasteiger partial charge in [0.25, 0.3) is 0 Å². The van der Waals surface area contributed by atoms with Crippen LogP contribution in [0.4, 0.5) is 4.39 Å². The fraction of sp³-hybridized carbons (Fsp3) is 0.222. The van der Waals surface area contributed by atoms with Crippen molar-refractivity contribution >= 4 is 5.97 Å². The minimum Gasteiger partial charge on any atom is -0.462 e. The first-order valence-electron chi connectivity index (χ1n) is 10.3. The molecular weight excluding hydrogens is 391 g/mol. The summed E-state index contributed by atoms with van der Waals surface area (Å²) in [5, 5.41) is 9.27. The molecule has 0 fully saturated rings. The summed E-state index contributed by atoms with van der Waals surface area (Å²) < 4.78 is 20.4. The number of aliphatic hydroxyl groups is 1. The van der Waals surface area contributed by atoms with E-state index < -0.39 is 5.97 Å². The molecule has 31 heavy (non-hydrogen) atoms. The van der Waals surface area contributed by atoms with Crippen LogP contribution in [-0.2, 0) is 22.4 Å². The second-order valence-electron chi connectivity index (χ2n) is 7.69. The highest BCUT2D eigenvalue weighted by molar-refractivity contribution is 5.86. The number of aryl methyl sites for hydroxylation is 1. The van der Waals surface area contributed by atoms with Crippen LogP contribution in [0.3, 0.4) is 0 Å². The third kappa shape index (κ3) is 5.68. The van der Waals surface area contributed by atoms with Crippen molar-refractivity contribution in [1.29, 1.82) is 0 Å². The van der Waals surface area contributed by atoms with Crippen molar-refractivity contribution < 1.29 is 19.0 Å². The molecule has 0 aromatic heterocycles. The normalized spacial score (nSPS) is 10.7. The van der Waals surface area contributed by atoms with Gasteiger partial charge in [-0.05, 0) is 54.2 Å². The molecule has 3 rings (SSSR count). The molecule has 0 saturated heterocycles. The quantitative estimate of drug-likeness (QED) is 0.379. The topological polar surface area (TPSA) is 46.5 Å². The van der Waals surface area contributed by atoms with Crippen LogP contribution < -0.4 is 0 Å². The van der Waals surface area contributed by atoms with Gasteiger partial charge in [-0.1, -0.05) is 66.7 Å². The molecular formula is C27H27FO3. The minimum atomic E-state index is -0.443. The SMILES string of the molecule is C=C(C)C(=O)OCCc1cc(CCO)ccc1-c1ccc(-c2ccc(C)cc2)cc1F. The molecule has 3 aromatic carbocycles. The second-order valence-corrected chi connectivity index (χ2v) is 7.69. The third-order valence-electron chi connectivity index (χ3n) is 5.17. The maximum atomic E-state index is 15.1. The number of benzene rings is 3. The summed E-state index contributed by atoms with van der Waals surface area (Å²) in [6.07, 6.45) is 0.945. The zero-order chi connectivity index (χ0) is 22.4. The van der Waals surface area contributed by atoms with E-state index in [-0.39, 0.29) is 19.0 Å². The molecule has 3 nitrogen and oxygen atoms in total. The summed E-state index contributed by atoms with van der Waals surface area (Å²) in [6, 6.07) is 18.9. The first-order chi connectivity index (χ1) is 14.9. The van der Waals surface area contributed by atoms with Crippen LogP contribution in [0, 0.1) is 12.7 Å². The highest BCUT2D eigenvalue weighted by atomic mass is 19.1. The Labute approximate surface area is 182 Å². The van der Waals surface area contributed by atoms with Gasteiger partial charge in [0.2, 0.25) is 0 Å². The van der Waals surface area contributed by atoms with Gasteiger partial charge in [0, 0.05) is 24.2 Å². The zero-order valence-corrected chi connectivity index (χ0v) is 18.0. The van der Waals surface area contributed by atoms with E-state index in [9.17, 15) is 9.90 Å². The average Bonchev–Trinajstić information content (AvgIpc) is 2.75. The van der Waals surface area contributed by atoms with E-state index in [1.54, 1.807) is 19.1 Å². The lowest BCUT2D eigenvalue weighted by Crippen LogP contribution is -2.09. The van der Waals surface area contributed by atoms with Crippen LogP contribution in [0.15, 0.2) is 72.8 Å². The van der Waals surface area contributed by atoms with Gasteiger partial charge in [-0.15, -0.1) is 0 Å². The molecule has 0 saturated carbocycles. The van der Waals surface area contributed by atoms with Gasteiger partial charge in [-0.2, -0.15) is 0 Å². The Balaban J connectivity index is 1.92. The lowest BCUT2D eigenvalue weighted by molar-refractivity contribution is -0.138. The van der Waals surface area contributed by atoms with Gasteiger partial charge in [-0.3, -0.25) is 0 Å². The van der Waals surface area contributed by atoms with E-state index in [4.69, 9.17) is 4.74 Å². The van der Waals surface area contributed by atoms with Gasteiger partial charge in [0.1, 0.15) is 5.82 Å². The molecule has 3 aromatic rings. The molecule has 0 atom stereocenters. The van der Waals surface area contributed by atoms with Crippen LogP contribution in [0.5, 0.6) is 0 Å². The number of aliphatic hydroxyl groups excluding tert-OH is 1. The molecule has 0 unspecified atom stereocenters. The minimum absolute atomic E-state index is 0.0308. The molecule has 0 heterocycles. The summed E-state index contributed by atoms with van der Waals surface area (Å²) in [5.41, 5.74) is 6.32. The maximum Gasteiger partial charge on any atom is 0.333 e. The highest BCUT2D eigenvalue weighted by Crippen LogP contribution is 2.31. The number of hydrogen-bond donors (Lipinski definition) is 1. The third-order valence-corrected chi connectivity index (χ3v) is 5.17. The molecule has 0 aliphatic rings. The molecule has 4 heteroatoms. The van der Waals surface area contributed by atoms with Crippen molar-refractivity contribution in [3.8, 4) is 22.3 Å². The summed E-state index contributed by atoms with van der Waals surface area (Å²) in [7, 11) is 0. The number of rotatable bonds is 8. The molecule has 0 aliphatic heterocycles. The Morgan fingerprint density at radius 2 is 1.65 bits per heavy atom. The highest BCUT2D eigenvalue weighted by Gasteiger charge is 2.13. The lowest BCUT2D eigenvalue weighted by atomic mass is 9.93. The molecule has 1 N–H and O–H groups in total. The van der Waals surface area contributed by atoms with Crippen LogP contribution in [-0.4, -0.2) is 24.3 Å². The van der Waals surface area contributed by atoms with Gasteiger partial charge < -0.3 is 9.84 Å². The van der Waals surface area contributed by atoms with Crippen LogP contribution in [0.1, 0.15) is 23.6 Å². The fourth-order valence-electron chi connectivity index (χ4n) is 3.44. The number of hydrogen-bond acceptors (Lipinski definition) is 3. The zero-order valence-electron chi connectivity index (χ0n) is 18.0. The van der Waals surface area contributed by atoms with Crippen molar-refractivity contribution in [2.75, 3.05) is 13.2 Å². The summed E-state index contributed by atoms with van der Waals surface area (Å²) in [5.74, 6) is -0.755. The molecule has 0 spiro atoms. The average molecular weight is 419 g/mol. The Hall–Kier alpha value is -3.24. The Kier molecular flexibility index (Phi) is 7.37. The monoisotopic (exact) mass is 418 g/mol. The standard InChI is InChI=1S/C27H27FO3/c1-18(2)27(30)31-15-13-23-16-20(12-14-29)6-10-24(23)25-11-9-22(17-26(25)28)21-7-4-19(3)5-8-21/h4-11,16-17,29H,1,12-15H2,2-3H3. The largest absolute Gasteiger partial charge is 0.462 e. The predicted octanol–water partition coefficient (Wildman–Crippen LogP) is 5.66. The molecule has 0 aliphatic carbocycles. The fourth-order valence-corrected chi connectivity index (χ4v) is 3.44. The van der Waals surface area contributed by atoms with Gasteiger partial charge >= 0.3 is 5.97 Å². The summed E-state index contributed by atoms with van der Waals surface area (Å²) >= 11 is 0. The van der Waals surface area contributed by atoms with E-state index in [2.05, 4.69) is 6.58 Å². The van der Waals surface area contributed by atoms with E-state index >= 15 is 4.39 Å². The summed E-state index contributed by atoms with van der Waals surface area (Å²) in [6.45, 7) is 7.40. The van der Waals surface area contributed by atoms with E-state index in [0.717, 1.165) is 33.4 Å². The number of carbonyl (C=O) groups is 1. The maximum absolute atomic E-state index is 15.1. The second kappa shape index (κ2) is 10.2. The first-order valence-corrected chi connectivity index (χ1v) is 10.3. The van der Waals surface area contributed by atoms with Crippen molar-refractivity contribution in [3.63, 3.8) is 0 Å². The van der Waals surface area contributed by atoms with Crippen molar-refractivity contribution in [3.05, 3.63) is 95.3 Å². The van der Waals surface area contributed by atoms with Crippen molar-refractivity contribution in [2.45, 2.75) is 26.7 Å². The van der Waals surface area contributed by atoms with Crippen LogP contribution in [0.25, 0.3) is 22.3 Å². The Morgan fingerprint density at radius 3 is 2.29 bits per heavy atom. The van der Waals surface area contributed by atoms with Crippen LogP contribution in [0.2, 0.25) is 0 Å². The van der Waals surface area contributed by atoms with E-state index in [0.29, 0.717) is 24.0 Å². The Morgan fingerprint density at radius 1 is 0.968 bits per heavy atom. The summed E-state index contributed by atoms with van der Waals surface area (Å²) in [4.78, 5) is 11.7. The van der Waals surface area contributed by atoms with Gasteiger partial charge in [0.05, 0.1) is 6.61 Å². The van der Waals surface area contributed by atoms with Gasteiger partial charge in [0.15, 0.2) is 0 Å².